The van der Waals surface area contributed by atoms with Crippen molar-refractivity contribution in [1.82, 2.24) is 15.1 Å². The van der Waals surface area contributed by atoms with Gasteiger partial charge in [0.1, 0.15) is 11.6 Å². The van der Waals surface area contributed by atoms with Crippen molar-refractivity contribution in [3.63, 3.8) is 0 Å². The van der Waals surface area contributed by atoms with Gasteiger partial charge >= 0.3 is 0 Å². The van der Waals surface area contributed by atoms with Crippen molar-refractivity contribution in [3.8, 4) is 22.6 Å². The van der Waals surface area contributed by atoms with Crippen molar-refractivity contribution in [3.05, 3.63) is 65.5 Å². The number of benzene rings is 2. The number of para-hydroxylation sites is 1. The number of phenols is 1. The third-order valence-corrected chi connectivity index (χ3v) is 5.50. The number of ether oxygens (including phenoxy) is 1. The summed E-state index contributed by atoms with van der Waals surface area (Å²) in [6, 6.07) is 9.08. The van der Waals surface area contributed by atoms with Gasteiger partial charge in [-0.25, -0.2) is 8.78 Å². The second-order valence-corrected chi connectivity index (χ2v) is 7.36. The number of hydrogen-bond donors (Lipinski definition) is 2. The fraction of sp³-hybridized carbons (Fsp3) is 0.318. The van der Waals surface area contributed by atoms with Crippen LogP contribution in [-0.2, 0) is 6.54 Å². The predicted octanol–water partition coefficient (Wildman–Crippen LogP) is 4.45. The molecule has 0 unspecified atom stereocenters. The van der Waals surface area contributed by atoms with Gasteiger partial charge in [-0.3, -0.25) is 10.00 Å². The Morgan fingerprint density at radius 1 is 1.24 bits per heavy atom. The van der Waals surface area contributed by atoms with E-state index in [1.54, 1.807) is 12.3 Å². The van der Waals surface area contributed by atoms with E-state index in [0.717, 1.165) is 43.3 Å². The first-order valence-electron chi connectivity index (χ1n) is 9.62. The number of halogens is 2. The van der Waals surface area contributed by atoms with Gasteiger partial charge in [0, 0.05) is 47.5 Å². The van der Waals surface area contributed by atoms with Gasteiger partial charge in [-0.05, 0) is 37.6 Å². The molecule has 0 radical (unpaired) electrons. The smallest absolute Gasteiger partial charge is 0.162 e. The molecule has 1 aromatic heterocycles. The molecule has 1 fully saturated rings. The van der Waals surface area contributed by atoms with Crippen LogP contribution in [0, 0.1) is 11.6 Å². The van der Waals surface area contributed by atoms with Crippen LogP contribution >= 0.6 is 0 Å². The lowest BCUT2D eigenvalue weighted by molar-refractivity contribution is 0.196. The molecule has 3 aromatic rings. The largest absolute Gasteiger partial charge is 0.504 e. The van der Waals surface area contributed by atoms with Crippen LogP contribution in [0.4, 0.5) is 8.78 Å². The molecule has 29 heavy (non-hydrogen) atoms. The number of aromatic nitrogens is 2. The number of methoxy groups -OCH3 is 1. The average Bonchev–Trinajstić information content (AvgIpc) is 3.19. The van der Waals surface area contributed by atoms with Gasteiger partial charge in [0.05, 0.1) is 13.3 Å². The molecule has 4 rings (SSSR count). The van der Waals surface area contributed by atoms with E-state index in [1.165, 1.54) is 19.2 Å². The summed E-state index contributed by atoms with van der Waals surface area (Å²) in [6.07, 6.45) is 3.51. The minimum Gasteiger partial charge on any atom is -0.504 e. The summed E-state index contributed by atoms with van der Waals surface area (Å²) in [4.78, 5) is 2.26. The number of nitrogens with zero attached hydrogens (tertiary/aromatic N) is 2. The highest BCUT2D eigenvalue weighted by atomic mass is 19.1. The Labute approximate surface area is 167 Å². The quantitative estimate of drug-likeness (QED) is 0.666. The Hall–Kier alpha value is -2.93. The number of hydrogen-bond acceptors (Lipinski definition) is 4. The number of rotatable bonds is 5. The Morgan fingerprint density at radius 2 is 2.10 bits per heavy atom. The van der Waals surface area contributed by atoms with E-state index in [0.29, 0.717) is 23.4 Å². The zero-order chi connectivity index (χ0) is 20.4. The van der Waals surface area contributed by atoms with Crippen molar-refractivity contribution in [2.24, 2.45) is 0 Å². The summed E-state index contributed by atoms with van der Waals surface area (Å²) in [6.45, 7) is 2.24. The lowest BCUT2D eigenvalue weighted by atomic mass is 9.90. The highest BCUT2D eigenvalue weighted by Crippen LogP contribution is 2.36. The molecular weight excluding hydrogens is 376 g/mol. The zero-order valence-electron chi connectivity index (χ0n) is 16.2. The average molecular weight is 399 g/mol. The van der Waals surface area contributed by atoms with Gasteiger partial charge in [-0.1, -0.05) is 12.1 Å². The van der Waals surface area contributed by atoms with Gasteiger partial charge in [0.15, 0.2) is 11.5 Å². The molecule has 1 aliphatic heterocycles. The molecule has 0 saturated carbocycles. The number of H-pyrrole nitrogens is 1. The second kappa shape index (κ2) is 8.21. The van der Waals surface area contributed by atoms with Crippen molar-refractivity contribution in [1.29, 1.82) is 0 Å². The first-order chi connectivity index (χ1) is 14.1. The number of phenolic OH excluding ortho intramolecular Hbond substituents is 1. The van der Waals surface area contributed by atoms with Gasteiger partial charge < -0.3 is 9.84 Å². The third kappa shape index (κ3) is 3.96. The van der Waals surface area contributed by atoms with E-state index in [9.17, 15) is 13.9 Å². The highest BCUT2D eigenvalue weighted by molar-refractivity contribution is 5.66. The van der Waals surface area contributed by atoms with Crippen LogP contribution < -0.4 is 4.74 Å². The molecule has 7 heteroatoms. The fourth-order valence-corrected chi connectivity index (χ4v) is 4.07. The topological polar surface area (TPSA) is 61.4 Å². The molecule has 2 aromatic carbocycles. The molecule has 1 saturated heterocycles. The van der Waals surface area contributed by atoms with E-state index >= 15 is 0 Å². The van der Waals surface area contributed by atoms with E-state index in [2.05, 4.69) is 15.1 Å². The molecular formula is C22H23F2N3O2. The molecule has 5 nitrogen and oxygen atoms in total. The third-order valence-electron chi connectivity index (χ3n) is 5.50. The Morgan fingerprint density at radius 3 is 2.90 bits per heavy atom. The van der Waals surface area contributed by atoms with Gasteiger partial charge in [-0.2, -0.15) is 5.10 Å². The number of likely N-dealkylation sites (tertiary alicyclic amines) is 1. The zero-order valence-corrected chi connectivity index (χ0v) is 16.2. The van der Waals surface area contributed by atoms with E-state index < -0.39 is 11.6 Å². The first kappa shape index (κ1) is 19.4. The lowest BCUT2D eigenvalue weighted by Gasteiger charge is -2.33. The summed E-state index contributed by atoms with van der Waals surface area (Å²) in [7, 11) is 1.53. The van der Waals surface area contributed by atoms with Gasteiger partial charge in [0.2, 0.25) is 0 Å². The van der Waals surface area contributed by atoms with Gasteiger partial charge in [0.25, 0.3) is 0 Å². The molecule has 2 N–H and O–H groups in total. The van der Waals surface area contributed by atoms with Crippen molar-refractivity contribution in [2.45, 2.75) is 25.3 Å². The monoisotopic (exact) mass is 399 g/mol. The van der Waals surface area contributed by atoms with Crippen LogP contribution in [0.15, 0.2) is 42.6 Å². The maximum Gasteiger partial charge on any atom is 0.162 e. The summed E-state index contributed by atoms with van der Waals surface area (Å²) < 4.78 is 32.8. The van der Waals surface area contributed by atoms with Crippen LogP contribution in [0.3, 0.4) is 0 Å². The number of piperidine rings is 1. The second-order valence-electron chi connectivity index (χ2n) is 7.36. The highest BCUT2D eigenvalue weighted by Gasteiger charge is 2.26. The van der Waals surface area contributed by atoms with E-state index in [4.69, 9.17) is 4.74 Å². The molecule has 2 heterocycles. The van der Waals surface area contributed by atoms with Crippen LogP contribution in [0.25, 0.3) is 11.1 Å². The van der Waals surface area contributed by atoms with E-state index in [1.807, 2.05) is 12.1 Å². The lowest BCUT2D eigenvalue weighted by Crippen LogP contribution is -2.34. The van der Waals surface area contributed by atoms with Crippen LogP contribution in [0.2, 0.25) is 0 Å². The minimum atomic E-state index is -0.599. The van der Waals surface area contributed by atoms with Crippen molar-refractivity contribution < 1.29 is 18.6 Å². The molecule has 0 amide bonds. The van der Waals surface area contributed by atoms with Crippen LogP contribution in [-0.4, -0.2) is 40.4 Å². The maximum absolute atomic E-state index is 14.3. The number of aromatic amines is 1. The normalized spacial score (nSPS) is 17.4. The molecule has 0 aliphatic carbocycles. The molecule has 152 valence electrons. The summed E-state index contributed by atoms with van der Waals surface area (Å²) in [5, 5.41) is 17.5. The predicted molar refractivity (Wildman–Crippen MR) is 106 cm³/mol. The van der Waals surface area contributed by atoms with Crippen LogP contribution in [0.5, 0.6) is 11.5 Å². The summed E-state index contributed by atoms with van der Waals surface area (Å²) >= 11 is 0. The summed E-state index contributed by atoms with van der Waals surface area (Å²) in [5.41, 5.74) is 2.67. The Balaban J connectivity index is 1.55. The van der Waals surface area contributed by atoms with Crippen LogP contribution in [0.1, 0.15) is 30.0 Å². The Bertz CT molecular complexity index is 1010. The Kier molecular flexibility index (Phi) is 5.49. The molecule has 0 bridgehead atoms. The number of nitrogens with one attached hydrogen (secondary N) is 1. The molecule has 1 aliphatic rings. The molecule has 0 spiro atoms. The van der Waals surface area contributed by atoms with Crippen molar-refractivity contribution in [2.75, 3.05) is 20.2 Å². The minimum absolute atomic E-state index is 0.137. The fourth-order valence-electron chi connectivity index (χ4n) is 4.07. The summed E-state index contributed by atoms with van der Waals surface area (Å²) in [5.74, 6) is -0.440. The number of aromatic hydroxyl groups is 1. The standard InChI is InChI=1S/C22H23F2N3O2/c1-29-20-6-2-4-15(22(20)28)13-27-9-3-5-14(12-27)21-18(11-25-26-21)17-8-7-16(23)10-19(17)24/h2,4,6-8,10-11,14,28H,3,5,9,12-13H2,1H3,(H,25,26)/t14-/m1/s1. The SMILES string of the molecule is COc1cccc(CN2CCC[C@@H](c3[nH]ncc3-c3ccc(F)cc3F)C2)c1O. The first-order valence-corrected chi connectivity index (χ1v) is 9.62. The molecule has 1 atom stereocenters. The van der Waals surface area contributed by atoms with Gasteiger partial charge in [-0.15, -0.1) is 0 Å². The maximum atomic E-state index is 14.3. The van der Waals surface area contributed by atoms with Crippen molar-refractivity contribution >= 4 is 0 Å². The van der Waals surface area contributed by atoms with E-state index in [-0.39, 0.29) is 11.7 Å².